The van der Waals surface area contributed by atoms with Gasteiger partial charge in [-0.25, -0.2) is 0 Å². The van der Waals surface area contributed by atoms with E-state index in [0.29, 0.717) is 5.92 Å². The van der Waals surface area contributed by atoms with Crippen LogP contribution < -0.4 is 31.5 Å². The normalized spacial score (nSPS) is 18.1. The molecule has 91 heavy (non-hydrogen) atoms. The van der Waals surface area contributed by atoms with Crippen molar-refractivity contribution in [1.29, 1.82) is 0 Å². The van der Waals surface area contributed by atoms with Crippen molar-refractivity contribution in [3.8, 4) is 11.3 Å². The molecule has 0 saturated carbocycles. The molecule has 0 atom stereocenters. The molecule has 466 valence electrons. The van der Waals surface area contributed by atoms with Crippen LogP contribution in [0.15, 0.2) is 187 Å². The number of nitrogens with zero attached hydrogens (tertiary/aromatic N) is 2. The Labute approximate surface area is 546 Å². The first-order valence-corrected chi connectivity index (χ1v) is 34.2. The third-order valence-electron chi connectivity index (χ3n) is 22.5. The zero-order chi connectivity index (χ0) is 64.4. The number of furan rings is 1. The van der Waals surface area contributed by atoms with Gasteiger partial charge in [0, 0.05) is 45.1 Å². The van der Waals surface area contributed by atoms with Crippen LogP contribution in [0.25, 0.3) is 28.4 Å². The second kappa shape index (κ2) is 22.5. The van der Waals surface area contributed by atoms with E-state index in [-0.39, 0.29) is 44.6 Å². The lowest BCUT2D eigenvalue weighted by Crippen LogP contribution is -2.58. The first-order chi connectivity index (χ1) is 43.1. The molecule has 0 unspecified atom stereocenters. The monoisotopic (exact) mass is 1200 g/mol. The van der Waals surface area contributed by atoms with Crippen molar-refractivity contribution >= 4 is 85.6 Å². The van der Waals surface area contributed by atoms with Crippen LogP contribution in [0.4, 0.5) is 45.5 Å². The lowest BCUT2D eigenvalue weighted by Gasteiger charge is -2.46. The number of nitrogens with one attached hydrogen (secondary N) is 1. The van der Waals surface area contributed by atoms with Gasteiger partial charge in [-0.05, 0) is 229 Å². The molecule has 3 aliphatic carbocycles. The molecule has 1 aromatic heterocycles. The molecule has 4 nitrogen and oxygen atoms in total. The van der Waals surface area contributed by atoms with Crippen LogP contribution in [0.1, 0.15) is 207 Å². The van der Waals surface area contributed by atoms with E-state index in [0.717, 1.165) is 101 Å². The summed E-state index contributed by atoms with van der Waals surface area (Å²) in [5.41, 5.74) is 26.1. The van der Waals surface area contributed by atoms with Gasteiger partial charge in [0.25, 0.3) is 0 Å². The molecule has 8 aromatic carbocycles. The highest BCUT2D eigenvalue weighted by molar-refractivity contribution is 6.99. The van der Waals surface area contributed by atoms with Crippen LogP contribution in [0, 0.1) is 5.92 Å². The Hall–Kier alpha value is -7.76. The van der Waals surface area contributed by atoms with E-state index in [1.165, 1.54) is 78.8 Å². The fraction of sp³-hybridized carbons (Fsp3) is 0.372. The number of hydrogen-bond acceptors (Lipinski definition) is 4. The van der Waals surface area contributed by atoms with E-state index < -0.39 is 0 Å². The number of para-hydroxylation sites is 2. The SMILES string of the molecule is C=C/C=C\c1ccccc1N(c1ccc(-c2cc3ccccc3o2)cc1)c1cc(Nc2ccc3c(c2)C(C)(C)CCC3(C)C)c2c(c1)N(c1ccc3c(c1)C(C)(C)CCC3(C)C)c1cc3c(cc1B2c1ccc(C(C)(C)CCC(C)C)cc1)C(C)(C)CCC3(C)C. The third-order valence-corrected chi connectivity index (χ3v) is 22.5. The first-order valence-electron chi connectivity index (χ1n) is 34.2. The Morgan fingerprint density at radius 1 is 0.571 bits per heavy atom. The van der Waals surface area contributed by atoms with E-state index in [2.05, 4.69) is 302 Å². The quantitative estimate of drug-likeness (QED) is 0.0869. The Bertz CT molecular complexity index is 4280. The summed E-state index contributed by atoms with van der Waals surface area (Å²) in [6.07, 6.45) is 15.3. The molecule has 0 saturated heterocycles. The van der Waals surface area contributed by atoms with Crippen molar-refractivity contribution in [2.75, 3.05) is 15.1 Å². The van der Waals surface area contributed by atoms with Gasteiger partial charge in [-0.3, -0.25) is 0 Å². The van der Waals surface area contributed by atoms with Gasteiger partial charge in [-0.15, -0.1) is 0 Å². The maximum atomic E-state index is 6.52. The van der Waals surface area contributed by atoms with E-state index >= 15 is 0 Å². The molecule has 0 fully saturated rings. The Balaban J connectivity index is 1.14. The van der Waals surface area contributed by atoms with Crippen molar-refractivity contribution in [3.63, 3.8) is 0 Å². The van der Waals surface area contributed by atoms with Gasteiger partial charge in [0.1, 0.15) is 11.3 Å². The summed E-state index contributed by atoms with van der Waals surface area (Å²) in [7, 11) is 0. The fourth-order valence-electron chi connectivity index (χ4n) is 16.1. The number of rotatable bonds is 14. The topological polar surface area (TPSA) is 31.7 Å². The number of anilines is 8. The molecule has 9 aromatic rings. The van der Waals surface area contributed by atoms with Gasteiger partial charge in [0.15, 0.2) is 0 Å². The molecule has 1 N–H and O–H groups in total. The van der Waals surface area contributed by atoms with Gasteiger partial charge in [-0.2, -0.15) is 0 Å². The molecule has 5 heteroatoms. The summed E-state index contributed by atoms with van der Waals surface area (Å²) in [4.78, 5) is 5.20. The standard InChI is InChI=1S/C86H98BN3O/c1-18-19-24-57-25-20-22-27-74(57)89(63-36-29-58(30-37-63)78-49-59-26-21-23-28-77(59)91-78)65-52-73(88-62-35-39-66-68(50-62)83(10,11)45-43-81(66,6)7)79-76(53-65)90(64-38-40-67-69(51-64)84(12,13)46-44-82(67,8)9)75-55-71-70(85(14,15)47-48-86(71,16)17)54-72(75)87(79)61-33-31-60(32-34-61)80(4,5)42-41-56(2)3/h18-40,49-56,88H,1,41-48H2,2-17H3/b24-19-. The van der Waals surface area contributed by atoms with Crippen molar-refractivity contribution in [2.24, 2.45) is 5.92 Å². The summed E-state index contributed by atoms with van der Waals surface area (Å²) in [5, 5.41) is 5.47. The van der Waals surface area contributed by atoms with Crippen molar-refractivity contribution in [3.05, 3.63) is 227 Å². The molecule has 0 bridgehead atoms. The summed E-state index contributed by atoms with van der Waals surface area (Å²) in [6, 6.07) is 63.5. The highest BCUT2D eigenvalue weighted by Crippen LogP contribution is 2.54. The van der Waals surface area contributed by atoms with Crippen LogP contribution in [0.2, 0.25) is 0 Å². The summed E-state index contributed by atoms with van der Waals surface area (Å²) < 4.78 is 6.52. The second-order valence-corrected chi connectivity index (χ2v) is 32.7. The third kappa shape index (κ3) is 11.2. The highest BCUT2D eigenvalue weighted by atomic mass is 16.3. The number of hydrogen-bond donors (Lipinski definition) is 1. The maximum Gasteiger partial charge on any atom is 0.249 e. The van der Waals surface area contributed by atoms with Crippen molar-refractivity contribution < 1.29 is 4.42 Å². The van der Waals surface area contributed by atoms with E-state index in [1.807, 2.05) is 12.1 Å². The van der Waals surface area contributed by atoms with E-state index in [9.17, 15) is 0 Å². The Morgan fingerprint density at radius 2 is 1.14 bits per heavy atom. The summed E-state index contributed by atoms with van der Waals surface area (Å²) >= 11 is 0. The molecule has 1 aliphatic heterocycles. The van der Waals surface area contributed by atoms with E-state index in [1.54, 1.807) is 0 Å². The molecule has 4 aliphatic rings. The fourth-order valence-corrected chi connectivity index (χ4v) is 16.1. The lowest BCUT2D eigenvalue weighted by atomic mass is 9.34. The molecule has 13 rings (SSSR count). The smallest absolute Gasteiger partial charge is 0.249 e. The molecular formula is C86H98BN3O. The Morgan fingerprint density at radius 3 is 1.77 bits per heavy atom. The molecule has 0 spiro atoms. The van der Waals surface area contributed by atoms with Gasteiger partial charge in [-0.1, -0.05) is 226 Å². The van der Waals surface area contributed by atoms with Crippen LogP contribution in [-0.2, 0) is 37.9 Å². The predicted molar refractivity (Wildman–Crippen MR) is 394 cm³/mol. The minimum absolute atomic E-state index is 0.00918. The summed E-state index contributed by atoms with van der Waals surface area (Å²) in [5.74, 6) is 1.49. The number of allylic oxidation sites excluding steroid dienone is 2. The minimum Gasteiger partial charge on any atom is -0.456 e. The van der Waals surface area contributed by atoms with Gasteiger partial charge >= 0.3 is 0 Å². The highest BCUT2D eigenvalue weighted by Gasteiger charge is 2.46. The zero-order valence-electron chi connectivity index (χ0n) is 57.6. The van der Waals surface area contributed by atoms with Gasteiger partial charge in [0.05, 0.1) is 11.4 Å². The summed E-state index contributed by atoms with van der Waals surface area (Å²) in [6.45, 7) is 43.2. The molecule has 0 radical (unpaired) electrons. The molecular weight excluding hydrogens is 1100 g/mol. The average Bonchev–Trinajstić information content (AvgIpc) is 1.03. The second-order valence-electron chi connectivity index (χ2n) is 32.7. The van der Waals surface area contributed by atoms with Crippen LogP contribution in [0.5, 0.6) is 0 Å². The lowest BCUT2D eigenvalue weighted by molar-refractivity contribution is 0.332. The first kappa shape index (κ1) is 62.1. The number of fused-ring (bicyclic) bond motifs is 6. The zero-order valence-corrected chi connectivity index (χ0v) is 57.6. The van der Waals surface area contributed by atoms with E-state index in [4.69, 9.17) is 4.42 Å². The van der Waals surface area contributed by atoms with Crippen LogP contribution in [-0.4, -0.2) is 6.71 Å². The maximum absolute atomic E-state index is 6.52. The van der Waals surface area contributed by atoms with Crippen LogP contribution >= 0.6 is 0 Å². The van der Waals surface area contributed by atoms with Crippen molar-refractivity contribution in [1.82, 2.24) is 0 Å². The average molecular weight is 1200 g/mol. The largest absolute Gasteiger partial charge is 0.456 e. The number of benzene rings is 8. The Kier molecular flexibility index (Phi) is 15.4. The molecule has 2 heterocycles. The minimum atomic E-state index is -0.142. The van der Waals surface area contributed by atoms with Gasteiger partial charge < -0.3 is 19.5 Å². The van der Waals surface area contributed by atoms with Crippen molar-refractivity contribution in [2.45, 2.75) is 200 Å². The molecule has 0 amide bonds. The van der Waals surface area contributed by atoms with Gasteiger partial charge in [0.2, 0.25) is 6.71 Å². The predicted octanol–water partition coefficient (Wildman–Crippen LogP) is 22.6. The van der Waals surface area contributed by atoms with Crippen LogP contribution in [0.3, 0.4) is 0 Å².